The molecule has 0 spiro atoms. The second-order valence-corrected chi connectivity index (χ2v) is 12.4. The Morgan fingerprint density at radius 2 is 1.32 bits per heavy atom. The van der Waals surface area contributed by atoms with Crippen molar-refractivity contribution in [1.82, 2.24) is 30.2 Å². The molecule has 0 fully saturated rings. The Hall–Kier alpha value is -4.24. The number of carbonyl (C=O) groups is 2. The molecular formula is C35H46N6O3. The number of benzene rings is 2. The second kappa shape index (κ2) is 15.0. The topological polar surface area (TPSA) is 127 Å². The molecule has 0 saturated carbocycles. The zero-order valence-electron chi connectivity index (χ0n) is 26.7. The Labute approximate surface area is 260 Å². The summed E-state index contributed by atoms with van der Waals surface area (Å²) in [7, 11) is 0. The van der Waals surface area contributed by atoms with Crippen LogP contribution < -0.4 is 5.32 Å². The van der Waals surface area contributed by atoms with E-state index >= 15 is 0 Å². The largest absolute Gasteiger partial charge is 0.391 e. The van der Waals surface area contributed by atoms with E-state index in [2.05, 4.69) is 82.4 Å². The molecule has 4 N–H and O–H groups in total. The predicted molar refractivity (Wildman–Crippen MR) is 174 cm³/mol. The Morgan fingerprint density at radius 1 is 0.795 bits per heavy atom. The maximum atomic E-state index is 12.7. The minimum Gasteiger partial charge on any atom is -0.391 e. The number of amides is 2. The lowest BCUT2D eigenvalue weighted by Gasteiger charge is -2.22. The average Bonchev–Trinajstić information content (AvgIpc) is 3.65. The van der Waals surface area contributed by atoms with Crippen molar-refractivity contribution in [2.24, 2.45) is 11.8 Å². The lowest BCUT2D eigenvalue weighted by Crippen LogP contribution is -2.36. The van der Waals surface area contributed by atoms with Gasteiger partial charge in [0.2, 0.25) is 11.8 Å². The van der Waals surface area contributed by atoms with E-state index in [4.69, 9.17) is 0 Å². The fourth-order valence-electron chi connectivity index (χ4n) is 5.16. The number of carbonyl (C=O) groups excluding carboxylic acids is 2. The summed E-state index contributed by atoms with van der Waals surface area (Å²) in [6.07, 6.45) is 4.60. The van der Waals surface area contributed by atoms with Crippen LogP contribution in [0.5, 0.6) is 0 Å². The smallest absolute Gasteiger partial charge is 0.223 e. The first kappa shape index (κ1) is 32.7. The van der Waals surface area contributed by atoms with Crippen molar-refractivity contribution in [2.75, 3.05) is 6.54 Å². The summed E-state index contributed by atoms with van der Waals surface area (Å²) in [5.74, 6) is 1.91. The summed E-state index contributed by atoms with van der Waals surface area (Å²) in [6.45, 7) is 13.0. The van der Waals surface area contributed by atoms with Crippen LogP contribution in [0.4, 0.5) is 0 Å². The summed E-state index contributed by atoms with van der Waals surface area (Å²) in [4.78, 5) is 42.6. The number of aliphatic hydroxyl groups excluding tert-OH is 1. The van der Waals surface area contributed by atoms with E-state index in [-0.39, 0.29) is 17.7 Å². The zero-order chi connectivity index (χ0) is 31.8. The first-order valence-corrected chi connectivity index (χ1v) is 15.6. The zero-order valence-corrected chi connectivity index (χ0v) is 26.7. The average molecular weight is 599 g/mol. The number of nitrogens with one attached hydrogen (secondary N) is 3. The lowest BCUT2D eigenvalue weighted by molar-refractivity contribution is -0.132. The maximum Gasteiger partial charge on any atom is 0.223 e. The summed E-state index contributed by atoms with van der Waals surface area (Å²) in [5.41, 5.74) is 5.87. The summed E-state index contributed by atoms with van der Waals surface area (Å²) in [6, 6.07) is 15.9. The molecule has 0 aliphatic carbocycles. The Bertz CT molecular complexity index is 1500. The fourth-order valence-corrected chi connectivity index (χ4v) is 5.16. The molecule has 0 radical (unpaired) electrons. The Kier molecular flexibility index (Phi) is 11.1. The molecule has 0 aliphatic heterocycles. The highest BCUT2D eigenvalue weighted by molar-refractivity contribution is 5.77. The SMILES string of the molecule is CCCN(Cc1ncc(-c2ccc(-c3ccc(-c4cnc([C@@H](NC(=O)CC(C)C)[C@@H](C)O)[nH]4)cc3)cc2)[nH]1)C(=O)CC(C)C. The number of aliphatic hydroxyl groups is 1. The third-order valence-corrected chi connectivity index (χ3v) is 7.41. The van der Waals surface area contributed by atoms with Gasteiger partial charge in [0.15, 0.2) is 0 Å². The van der Waals surface area contributed by atoms with Gasteiger partial charge in [-0.2, -0.15) is 0 Å². The number of hydrogen-bond donors (Lipinski definition) is 4. The third-order valence-electron chi connectivity index (χ3n) is 7.41. The summed E-state index contributed by atoms with van der Waals surface area (Å²) < 4.78 is 0. The highest BCUT2D eigenvalue weighted by Gasteiger charge is 2.23. The van der Waals surface area contributed by atoms with Crippen LogP contribution in [0.2, 0.25) is 0 Å². The molecule has 9 nitrogen and oxygen atoms in total. The van der Waals surface area contributed by atoms with E-state index in [1.54, 1.807) is 13.1 Å². The van der Waals surface area contributed by atoms with E-state index in [0.29, 0.717) is 31.1 Å². The predicted octanol–water partition coefficient (Wildman–Crippen LogP) is 6.50. The number of aromatic nitrogens is 4. The van der Waals surface area contributed by atoms with Crippen LogP contribution in [0.1, 0.15) is 78.5 Å². The van der Waals surface area contributed by atoms with Gasteiger partial charge in [-0.3, -0.25) is 9.59 Å². The molecular weight excluding hydrogens is 552 g/mol. The van der Waals surface area contributed by atoms with Gasteiger partial charge in [-0.25, -0.2) is 9.97 Å². The molecule has 0 unspecified atom stereocenters. The molecule has 9 heteroatoms. The van der Waals surface area contributed by atoms with Crippen LogP contribution in [0.15, 0.2) is 60.9 Å². The van der Waals surface area contributed by atoms with E-state index < -0.39 is 12.1 Å². The van der Waals surface area contributed by atoms with Crippen LogP contribution in [0.25, 0.3) is 33.6 Å². The van der Waals surface area contributed by atoms with Crippen LogP contribution >= 0.6 is 0 Å². The van der Waals surface area contributed by atoms with Crippen molar-refractivity contribution in [2.45, 2.75) is 79.5 Å². The van der Waals surface area contributed by atoms with Crippen molar-refractivity contribution < 1.29 is 14.7 Å². The normalized spacial score (nSPS) is 12.8. The van der Waals surface area contributed by atoms with Crippen LogP contribution in [0.3, 0.4) is 0 Å². The molecule has 234 valence electrons. The highest BCUT2D eigenvalue weighted by atomic mass is 16.3. The molecule has 2 heterocycles. The number of hydrogen-bond acceptors (Lipinski definition) is 5. The van der Waals surface area contributed by atoms with E-state index in [1.807, 2.05) is 37.1 Å². The van der Waals surface area contributed by atoms with Gasteiger partial charge >= 0.3 is 0 Å². The van der Waals surface area contributed by atoms with Gasteiger partial charge in [-0.1, -0.05) is 83.1 Å². The van der Waals surface area contributed by atoms with Crippen molar-refractivity contribution >= 4 is 11.8 Å². The van der Waals surface area contributed by atoms with Crippen molar-refractivity contribution in [1.29, 1.82) is 0 Å². The quantitative estimate of drug-likeness (QED) is 0.132. The van der Waals surface area contributed by atoms with Crippen LogP contribution in [-0.4, -0.2) is 54.4 Å². The molecule has 0 bridgehead atoms. The molecule has 0 saturated heterocycles. The van der Waals surface area contributed by atoms with E-state index in [0.717, 1.165) is 52.4 Å². The van der Waals surface area contributed by atoms with E-state index in [9.17, 15) is 14.7 Å². The monoisotopic (exact) mass is 598 g/mol. The maximum absolute atomic E-state index is 12.7. The van der Waals surface area contributed by atoms with Gasteiger partial charge in [0.05, 0.1) is 36.4 Å². The first-order valence-electron chi connectivity index (χ1n) is 15.6. The van der Waals surface area contributed by atoms with Crippen LogP contribution in [0, 0.1) is 11.8 Å². The van der Waals surface area contributed by atoms with Gasteiger partial charge in [0.25, 0.3) is 0 Å². The lowest BCUT2D eigenvalue weighted by atomic mass is 10.0. The molecule has 2 amide bonds. The van der Waals surface area contributed by atoms with Gasteiger partial charge in [0, 0.05) is 19.4 Å². The second-order valence-electron chi connectivity index (χ2n) is 12.4. The van der Waals surface area contributed by atoms with E-state index in [1.165, 1.54) is 0 Å². The fraction of sp³-hybridized carbons (Fsp3) is 0.429. The van der Waals surface area contributed by atoms with Gasteiger partial charge in [0.1, 0.15) is 17.7 Å². The molecule has 0 aliphatic rings. The Balaban J connectivity index is 1.42. The highest BCUT2D eigenvalue weighted by Crippen LogP contribution is 2.27. The number of aromatic amines is 2. The summed E-state index contributed by atoms with van der Waals surface area (Å²) >= 11 is 0. The number of H-pyrrole nitrogens is 2. The number of nitrogens with zero attached hydrogens (tertiary/aromatic N) is 3. The molecule has 2 atom stereocenters. The molecule has 4 rings (SSSR count). The molecule has 2 aromatic heterocycles. The van der Waals surface area contributed by atoms with Gasteiger partial charge in [-0.05, 0) is 47.4 Å². The first-order chi connectivity index (χ1) is 21.0. The molecule has 2 aromatic carbocycles. The van der Waals surface area contributed by atoms with Crippen molar-refractivity contribution in [3.8, 4) is 33.6 Å². The standard InChI is InChI=1S/C35H46N6O3/c1-7-16-41(33(44)18-23(4)5)21-31-36-19-29(38-31)27-12-8-25(9-13-27)26-10-14-28(15-11-26)30-20-37-35(39-30)34(24(6)42)40-32(43)17-22(2)3/h8-15,19-20,22-24,34,42H,7,16-18,21H2,1-6H3,(H,36,38)(H,37,39)(H,40,43)/t24-,34+/m1/s1. The molecule has 4 aromatic rings. The van der Waals surface area contributed by atoms with Crippen molar-refractivity contribution in [3.63, 3.8) is 0 Å². The minimum atomic E-state index is -0.793. The third kappa shape index (κ3) is 8.66. The van der Waals surface area contributed by atoms with Crippen LogP contribution in [-0.2, 0) is 16.1 Å². The Morgan fingerprint density at radius 3 is 1.84 bits per heavy atom. The minimum absolute atomic E-state index is 0.112. The molecule has 44 heavy (non-hydrogen) atoms. The van der Waals surface area contributed by atoms with Gasteiger partial charge < -0.3 is 25.3 Å². The summed E-state index contributed by atoms with van der Waals surface area (Å²) in [5, 5.41) is 13.2. The van der Waals surface area contributed by atoms with Gasteiger partial charge in [-0.15, -0.1) is 0 Å². The number of rotatable bonds is 14. The van der Waals surface area contributed by atoms with Crippen molar-refractivity contribution in [3.05, 3.63) is 72.6 Å². The number of imidazole rings is 2.